The highest BCUT2D eigenvalue weighted by atomic mass is 16.6. The summed E-state index contributed by atoms with van der Waals surface area (Å²) < 4.78 is 0. The van der Waals surface area contributed by atoms with Gasteiger partial charge in [-0.3, -0.25) is 10.1 Å². The minimum absolute atomic E-state index is 0.139. The largest absolute Gasteiger partial charge is 0.265 e. The number of fused-ring (bicyclic) bond motifs is 2. The number of nitro groups is 1. The Balaban J connectivity index is 2.03. The van der Waals surface area contributed by atoms with Crippen molar-refractivity contribution in [2.24, 2.45) is 23.2 Å². The monoisotopic (exact) mass is 183 g/mol. The summed E-state index contributed by atoms with van der Waals surface area (Å²) in [5.74, 6) is 1.83. The molecule has 0 N–H and O–H groups in total. The lowest BCUT2D eigenvalue weighted by Crippen LogP contribution is -2.53. The van der Waals surface area contributed by atoms with Gasteiger partial charge in [0, 0.05) is 10.8 Å². The third-order valence-electron chi connectivity index (χ3n) is 4.38. The molecule has 0 heterocycles. The molecule has 3 nitrogen and oxygen atoms in total. The van der Waals surface area contributed by atoms with Crippen LogP contribution in [0, 0.1) is 33.3 Å². The second-order valence-electron chi connectivity index (χ2n) is 5.21. The van der Waals surface area contributed by atoms with Gasteiger partial charge in [-0.1, -0.05) is 13.8 Å². The first-order valence-corrected chi connectivity index (χ1v) is 5.13. The fourth-order valence-corrected chi connectivity index (χ4v) is 3.37. The van der Waals surface area contributed by atoms with E-state index in [0.717, 1.165) is 12.3 Å². The summed E-state index contributed by atoms with van der Waals surface area (Å²) in [5.41, 5.74) is 0.388. The van der Waals surface area contributed by atoms with Crippen LogP contribution in [-0.4, -0.2) is 11.5 Å². The Bertz CT molecular complexity index is 235. The molecular formula is C10H17NO2. The van der Waals surface area contributed by atoms with Crippen molar-refractivity contribution in [3.05, 3.63) is 10.1 Å². The fraction of sp³-hybridized carbons (Fsp3) is 1.00. The Morgan fingerprint density at radius 1 is 1.46 bits per heavy atom. The molecule has 3 aliphatic carbocycles. The first-order valence-electron chi connectivity index (χ1n) is 5.13. The topological polar surface area (TPSA) is 43.1 Å². The van der Waals surface area contributed by atoms with Gasteiger partial charge in [0.25, 0.3) is 0 Å². The average Bonchev–Trinajstić information content (AvgIpc) is 2.03. The van der Waals surface area contributed by atoms with E-state index in [4.69, 9.17) is 0 Å². The maximum Gasteiger partial charge on any atom is 0.206 e. The molecule has 3 aliphatic rings. The van der Waals surface area contributed by atoms with Gasteiger partial charge in [-0.15, -0.1) is 0 Å². The second kappa shape index (κ2) is 2.69. The molecule has 0 aromatic rings. The molecule has 0 spiro atoms. The van der Waals surface area contributed by atoms with Crippen molar-refractivity contribution >= 4 is 0 Å². The molecule has 74 valence electrons. The molecule has 2 bridgehead atoms. The van der Waals surface area contributed by atoms with E-state index in [2.05, 4.69) is 13.8 Å². The molecule has 13 heavy (non-hydrogen) atoms. The third kappa shape index (κ3) is 1.25. The molecular weight excluding hydrogens is 166 g/mol. The zero-order valence-electron chi connectivity index (χ0n) is 8.32. The highest BCUT2D eigenvalue weighted by Gasteiger charge is 2.55. The molecule has 0 aromatic carbocycles. The van der Waals surface area contributed by atoms with E-state index in [1.165, 1.54) is 12.8 Å². The van der Waals surface area contributed by atoms with Crippen molar-refractivity contribution < 1.29 is 4.92 Å². The summed E-state index contributed by atoms with van der Waals surface area (Å²) in [6.07, 6.45) is 3.53. The first kappa shape index (κ1) is 8.97. The van der Waals surface area contributed by atoms with Gasteiger partial charge in [0.05, 0.1) is 0 Å². The quantitative estimate of drug-likeness (QED) is 0.487. The first-order chi connectivity index (χ1) is 6.01. The Kier molecular flexibility index (Phi) is 1.86. The molecule has 0 aliphatic heterocycles. The van der Waals surface area contributed by atoms with Crippen LogP contribution in [0.3, 0.4) is 0 Å². The zero-order valence-corrected chi connectivity index (χ0v) is 8.32. The predicted octanol–water partition coefficient (Wildman–Crippen LogP) is 2.34. The molecule has 3 rings (SSSR count). The van der Waals surface area contributed by atoms with Crippen molar-refractivity contribution in [3.63, 3.8) is 0 Å². The smallest absolute Gasteiger partial charge is 0.206 e. The lowest BCUT2D eigenvalue weighted by atomic mass is 9.45. The number of hydrogen-bond donors (Lipinski definition) is 0. The van der Waals surface area contributed by atoms with Crippen molar-refractivity contribution in [3.8, 4) is 0 Å². The molecule has 3 unspecified atom stereocenters. The van der Waals surface area contributed by atoms with Crippen molar-refractivity contribution in [1.82, 2.24) is 0 Å². The molecule has 0 amide bonds. The molecule has 0 aromatic heterocycles. The van der Waals surface area contributed by atoms with Gasteiger partial charge in [-0.2, -0.15) is 0 Å². The van der Waals surface area contributed by atoms with Crippen LogP contribution in [0.5, 0.6) is 0 Å². The predicted molar refractivity (Wildman–Crippen MR) is 50.0 cm³/mol. The van der Waals surface area contributed by atoms with Gasteiger partial charge in [-0.05, 0) is 36.5 Å². The summed E-state index contributed by atoms with van der Waals surface area (Å²) in [7, 11) is 0. The van der Waals surface area contributed by atoms with Crippen molar-refractivity contribution in [2.75, 3.05) is 6.54 Å². The van der Waals surface area contributed by atoms with E-state index in [0.29, 0.717) is 17.3 Å². The van der Waals surface area contributed by atoms with E-state index < -0.39 is 0 Å². The summed E-state index contributed by atoms with van der Waals surface area (Å²) in [6, 6.07) is 0. The molecule has 3 heteroatoms. The van der Waals surface area contributed by atoms with Gasteiger partial charge in [0.1, 0.15) is 0 Å². The van der Waals surface area contributed by atoms with Crippen molar-refractivity contribution in [1.29, 1.82) is 0 Å². The fourth-order valence-electron chi connectivity index (χ4n) is 3.37. The van der Waals surface area contributed by atoms with Crippen LogP contribution in [0.1, 0.15) is 33.1 Å². The Morgan fingerprint density at radius 3 is 2.62 bits per heavy atom. The van der Waals surface area contributed by atoms with Gasteiger partial charge in [-0.25, -0.2) is 0 Å². The molecule has 0 radical (unpaired) electrons. The van der Waals surface area contributed by atoms with Crippen LogP contribution < -0.4 is 0 Å². The lowest BCUT2D eigenvalue weighted by Gasteiger charge is -2.59. The SMILES string of the molecule is CC1(C)C2CCC(C[N+](=O)[O-])C1C2. The molecule has 3 atom stereocenters. The van der Waals surface area contributed by atoms with E-state index >= 15 is 0 Å². The summed E-state index contributed by atoms with van der Waals surface area (Å²) in [4.78, 5) is 10.3. The number of nitrogens with zero attached hydrogens (tertiary/aromatic N) is 1. The second-order valence-corrected chi connectivity index (χ2v) is 5.21. The zero-order chi connectivity index (χ0) is 9.64. The van der Waals surface area contributed by atoms with Crippen LogP contribution in [0.15, 0.2) is 0 Å². The number of hydrogen-bond acceptors (Lipinski definition) is 2. The summed E-state index contributed by atoms with van der Waals surface area (Å²) in [6.45, 7) is 4.75. The van der Waals surface area contributed by atoms with Gasteiger partial charge in [0.2, 0.25) is 6.54 Å². The number of rotatable bonds is 2. The van der Waals surface area contributed by atoms with Crippen LogP contribution in [0.2, 0.25) is 0 Å². The van der Waals surface area contributed by atoms with E-state index in [9.17, 15) is 10.1 Å². The third-order valence-corrected chi connectivity index (χ3v) is 4.38. The summed E-state index contributed by atoms with van der Waals surface area (Å²) in [5, 5.41) is 10.4. The normalized spacial score (nSPS) is 40.9. The van der Waals surface area contributed by atoms with Gasteiger partial charge in [0.15, 0.2) is 0 Å². The highest BCUT2D eigenvalue weighted by Crippen LogP contribution is 2.61. The maximum absolute atomic E-state index is 10.4. The molecule has 3 saturated carbocycles. The van der Waals surface area contributed by atoms with Crippen LogP contribution in [0.4, 0.5) is 0 Å². The summed E-state index contributed by atoms with van der Waals surface area (Å²) >= 11 is 0. The van der Waals surface area contributed by atoms with Crippen LogP contribution >= 0.6 is 0 Å². The average molecular weight is 183 g/mol. The highest BCUT2D eigenvalue weighted by molar-refractivity contribution is 5.02. The maximum atomic E-state index is 10.4. The van der Waals surface area contributed by atoms with Crippen LogP contribution in [0.25, 0.3) is 0 Å². The van der Waals surface area contributed by atoms with E-state index in [1.54, 1.807) is 0 Å². The standard InChI is InChI=1S/C10H17NO2/c1-10(2)8-4-3-7(6-11(12)13)9(10)5-8/h7-9H,3-6H2,1-2H3. The minimum Gasteiger partial charge on any atom is -0.265 e. The Labute approximate surface area is 78.7 Å². The molecule has 0 saturated heterocycles. The van der Waals surface area contributed by atoms with E-state index in [1.807, 2.05) is 0 Å². The minimum atomic E-state index is -0.139. The van der Waals surface area contributed by atoms with Gasteiger partial charge >= 0.3 is 0 Å². The lowest BCUT2D eigenvalue weighted by molar-refractivity contribution is -0.494. The molecule has 3 fully saturated rings. The Hall–Kier alpha value is -0.600. The van der Waals surface area contributed by atoms with Gasteiger partial charge < -0.3 is 0 Å². The van der Waals surface area contributed by atoms with E-state index in [-0.39, 0.29) is 11.5 Å². The Morgan fingerprint density at radius 2 is 2.15 bits per heavy atom. The van der Waals surface area contributed by atoms with Crippen LogP contribution in [-0.2, 0) is 0 Å². The van der Waals surface area contributed by atoms with Crippen molar-refractivity contribution in [2.45, 2.75) is 33.1 Å².